The number of rotatable bonds is 3. The van der Waals surface area contributed by atoms with Gasteiger partial charge in [-0.05, 0) is 43.2 Å². The highest BCUT2D eigenvalue weighted by Crippen LogP contribution is 2.24. The van der Waals surface area contributed by atoms with Gasteiger partial charge in [0, 0.05) is 10.6 Å². The van der Waals surface area contributed by atoms with Gasteiger partial charge in [0.2, 0.25) is 0 Å². The van der Waals surface area contributed by atoms with Crippen molar-refractivity contribution in [1.82, 2.24) is 0 Å². The Morgan fingerprint density at radius 3 is 2.74 bits per heavy atom. The summed E-state index contributed by atoms with van der Waals surface area (Å²) in [5, 5.41) is 9.63. The van der Waals surface area contributed by atoms with Crippen LogP contribution < -0.4 is 4.74 Å². The highest BCUT2D eigenvalue weighted by atomic mass is 35.5. The van der Waals surface area contributed by atoms with E-state index < -0.39 is 0 Å². The maximum atomic E-state index is 9.07. The molecule has 0 aliphatic heterocycles. The third-order valence-electron chi connectivity index (χ3n) is 2.95. The molecule has 2 aromatic rings. The number of hydrogen-bond acceptors (Lipinski definition) is 2. The first kappa shape index (κ1) is 13.5. The molecular weight excluding hydrogens is 258 g/mol. The Kier molecular flexibility index (Phi) is 4.09. The molecule has 2 nitrogen and oxygen atoms in total. The van der Waals surface area contributed by atoms with Crippen molar-refractivity contribution in [3.63, 3.8) is 0 Å². The largest absolute Gasteiger partial charge is 0.489 e. The normalized spacial score (nSPS) is 10.0. The molecule has 0 aliphatic rings. The van der Waals surface area contributed by atoms with Crippen LogP contribution in [-0.4, -0.2) is 0 Å². The highest BCUT2D eigenvalue weighted by Gasteiger charge is 2.08. The van der Waals surface area contributed by atoms with Gasteiger partial charge in [0.15, 0.2) is 0 Å². The van der Waals surface area contributed by atoms with E-state index in [1.807, 2.05) is 32.0 Å². The van der Waals surface area contributed by atoms with Gasteiger partial charge in [-0.2, -0.15) is 5.26 Å². The van der Waals surface area contributed by atoms with Crippen molar-refractivity contribution in [3.05, 3.63) is 63.7 Å². The molecule has 0 aliphatic carbocycles. The average molecular weight is 272 g/mol. The highest BCUT2D eigenvalue weighted by molar-refractivity contribution is 6.31. The van der Waals surface area contributed by atoms with Crippen molar-refractivity contribution in [2.75, 3.05) is 0 Å². The van der Waals surface area contributed by atoms with Gasteiger partial charge in [0.25, 0.3) is 0 Å². The molecule has 0 bridgehead atoms. The maximum Gasteiger partial charge on any atom is 0.122 e. The summed E-state index contributed by atoms with van der Waals surface area (Å²) in [6.07, 6.45) is 0. The van der Waals surface area contributed by atoms with Crippen LogP contribution in [0.2, 0.25) is 5.02 Å². The Labute approximate surface area is 118 Å². The van der Waals surface area contributed by atoms with Crippen molar-refractivity contribution < 1.29 is 4.74 Å². The standard InChI is InChI=1S/C16H14ClNO/c1-11-6-7-12(2)16(8-11)19-10-14-13(9-18)4-3-5-15(14)17/h3-8H,10H2,1-2H3. The zero-order valence-electron chi connectivity index (χ0n) is 10.9. The first-order valence-corrected chi connectivity index (χ1v) is 6.37. The summed E-state index contributed by atoms with van der Waals surface area (Å²) in [5.74, 6) is 0.823. The third kappa shape index (κ3) is 3.07. The molecule has 0 amide bonds. The summed E-state index contributed by atoms with van der Waals surface area (Å²) >= 11 is 6.11. The number of ether oxygens (including phenoxy) is 1. The molecule has 0 N–H and O–H groups in total. The number of nitriles is 1. The lowest BCUT2D eigenvalue weighted by Crippen LogP contribution is -2.00. The SMILES string of the molecule is Cc1ccc(C)c(OCc2c(Cl)cccc2C#N)c1. The molecule has 0 spiro atoms. The first-order valence-electron chi connectivity index (χ1n) is 5.99. The monoisotopic (exact) mass is 271 g/mol. The van der Waals surface area contributed by atoms with E-state index in [0.29, 0.717) is 17.2 Å². The van der Waals surface area contributed by atoms with E-state index >= 15 is 0 Å². The molecule has 3 heteroatoms. The predicted octanol–water partition coefficient (Wildman–Crippen LogP) is 4.41. The average Bonchev–Trinajstić information content (AvgIpc) is 2.40. The smallest absolute Gasteiger partial charge is 0.122 e. The van der Waals surface area contributed by atoms with Crippen molar-refractivity contribution in [2.24, 2.45) is 0 Å². The van der Waals surface area contributed by atoms with Gasteiger partial charge in [0.1, 0.15) is 12.4 Å². The summed E-state index contributed by atoms with van der Waals surface area (Å²) in [4.78, 5) is 0. The van der Waals surface area contributed by atoms with Gasteiger partial charge >= 0.3 is 0 Å². The van der Waals surface area contributed by atoms with Crippen molar-refractivity contribution in [3.8, 4) is 11.8 Å². The van der Waals surface area contributed by atoms with E-state index in [1.54, 1.807) is 18.2 Å². The number of nitrogens with zero attached hydrogens (tertiary/aromatic N) is 1. The Hall–Kier alpha value is -1.98. The molecule has 0 unspecified atom stereocenters. The fourth-order valence-corrected chi connectivity index (χ4v) is 2.05. The van der Waals surface area contributed by atoms with Gasteiger partial charge in [-0.3, -0.25) is 0 Å². The Balaban J connectivity index is 2.24. The Bertz CT molecular complexity index is 644. The Morgan fingerprint density at radius 2 is 2.00 bits per heavy atom. The molecule has 96 valence electrons. The molecule has 19 heavy (non-hydrogen) atoms. The van der Waals surface area contributed by atoms with Crippen LogP contribution in [0.5, 0.6) is 5.75 Å². The second kappa shape index (κ2) is 5.77. The van der Waals surface area contributed by atoms with Crippen LogP contribution in [0.25, 0.3) is 0 Å². The zero-order chi connectivity index (χ0) is 13.8. The van der Waals surface area contributed by atoms with E-state index in [0.717, 1.165) is 22.4 Å². The van der Waals surface area contributed by atoms with Gasteiger partial charge < -0.3 is 4.74 Å². The van der Waals surface area contributed by atoms with Crippen molar-refractivity contribution in [2.45, 2.75) is 20.5 Å². The van der Waals surface area contributed by atoms with Crippen molar-refractivity contribution in [1.29, 1.82) is 5.26 Å². The maximum absolute atomic E-state index is 9.07. The van der Waals surface area contributed by atoms with Crippen LogP contribution in [-0.2, 0) is 6.61 Å². The molecule has 0 aromatic heterocycles. The number of benzene rings is 2. The van der Waals surface area contributed by atoms with Gasteiger partial charge in [-0.25, -0.2) is 0 Å². The molecule has 0 atom stereocenters. The van der Waals surface area contributed by atoms with Crippen LogP contribution >= 0.6 is 11.6 Å². The minimum absolute atomic E-state index is 0.298. The first-order chi connectivity index (χ1) is 9.11. The molecule has 2 rings (SSSR count). The van der Waals surface area contributed by atoms with E-state index in [2.05, 4.69) is 6.07 Å². The second-order valence-corrected chi connectivity index (χ2v) is 4.84. The molecule has 2 aromatic carbocycles. The van der Waals surface area contributed by atoms with Crippen LogP contribution in [0, 0.1) is 25.2 Å². The Morgan fingerprint density at radius 1 is 1.21 bits per heavy atom. The second-order valence-electron chi connectivity index (χ2n) is 4.44. The summed E-state index contributed by atoms with van der Waals surface area (Å²) < 4.78 is 5.79. The van der Waals surface area contributed by atoms with E-state index in [4.69, 9.17) is 21.6 Å². The third-order valence-corrected chi connectivity index (χ3v) is 3.31. The van der Waals surface area contributed by atoms with Crippen LogP contribution in [0.1, 0.15) is 22.3 Å². The molecule has 0 saturated heterocycles. The van der Waals surface area contributed by atoms with Gasteiger partial charge in [-0.1, -0.05) is 29.8 Å². The molecule has 0 radical (unpaired) electrons. The number of aryl methyl sites for hydroxylation is 2. The van der Waals surface area contributed by atoms with Crippen LogP contribution in [0.3, 0.4) is 0 Å². The zero-order valence-corrected chi connectivity index (χ0v) is 11.7. The minimum atomic E-state index is 0.298. The fourth-order valence-electron chi connectivity index (χ4n) is 1.82. The quantitative estimate of drug-likeness (QED) is 0.828. The van der Waals surface area contributed by atoms with Crippen LogP contribution in [0.15, 0.2) is 36.4 Å². The topological polar surface area (TPSA) is 33.0 Å². The van der Waals surface area contributed by atoms with Gasteiger partial charge in [-0.15, -0.1) is 0 Å². The van der Waals surface area contributed by atoms with E-state index in [-0.39, 0.29) is 0 Å². The summed E-state index contributed by atoms with van der Waals surface area (Å²) in [7, 11) is 0. The van der Waals surface area contributed by atoms with Gasteiger partial charge in [0.05, 0.1) is 11.6 Å². The lowest BCUT2D eigenvalue weighted by Gasteiger charge is -2.12. The number of halogens is 1. The lowest BCUT2D eigenvalue weighted by atomic mass is 10.1. The van der Waals surface area contributed by atoms with E-state index in [1.165, 1.54) is 0 Å². The molecule has 0 saturated carbocycles. The fraction of sp³-hybridized carbons (Fsp3) is 0.188. The number of hydrogen-bond donors (Lipinski definition) is 0. The van der Waals surface area contributed by atoms with E-state index in [9.17, 15) is 0 Å². The predicted molar refractivity (Wildman–Crippen MR) is 76.4 cm³/mol. The lowest BCUT2D eigenvalue weighted by molar-refractivity contribution is 0.303. The minimum Gasteiger partial charge on any atom is -0.489 e. The summed E-state index contributed by atoms with van der Waals surface area (Å²) in [6.45, 7) is 4.31. The van der Waals surface area contributed by atoms with Crippen LogP contribution in [0.4, 0.5) is 0 Å². The molecule has 0 fully saturated rings. The summed E-state index contributed by atoms with van der Waals surface area (Å²) in [6, 6.07) is 13.5. The molecule has 0 heterocycles. The van der Waals surface area contributed by atoms with Crippen molar-refractivity contribution >= 4 is 11.6 Å². The molecular formula is C16H14ClNO. The summed E-state index contributed by atoms with van der Waals surface area (Å²) in [5.41, 5.74) is 3.49.